The van der Waals surface area contributed by atoms with Gasteiger partial charge in [-0.3, -0.25) is 4.90 Å². The number of nitrogens with two attached hydrogens (primary N) is 1. The van der Waals surface area contributed by atoms with E-state index in [0.717, 1.165) is 29.2 Å². The largest absolute Gasteiger partial charge is 0.497 e. The molecule has 1 aliphatic heterocycles. The second-order valence-corrected chi connectivity index (χ2v) is 6.11. The lowest BCUT2D eigenvalue weighted by molar-refractivity contribution is 0.173. The highest BCUT2D eigenvalue weighted by Gasteiger charge is 2.19. The fourth-order valence-electron chi connectivity index (χ4n) is 2.71. The number of halogens is 1. The molecular formula is C15H23BrN2O. The Hall–Kier alpha value is -0.580. The topological polar surface area (TPSA) is 38.5 Å². The average molecular weight is 327 g/mol. The van der Waals surface area contributed by atoms with Crippen molar-refractivity contribution in [3.8, 4) is 5.75 Å². The minimum Gasteiger partial charge on any atom is -0.497 e. The van der Waals surface area contributed by atoms with Crippen molar-refractivity contribution in [2.24, 2.45) is 11.7 Å². The van der Waals surface area contributed by atoms with Crippen molar-refractivity contribution >= 4 is 15.9 Å². The molecule has 0 unspecified atom stereocenters. The second-order valence-electron chi connectivity index (χ2n) is 5.25. The fourth-order valence-corrected chi connectivity index (χ4v) is 3.08. The summed E-state index contributed by atoms with van der Waals surface area (Å²) in [7, 11) is 1.71. The molecule has 0 atom stereocenters. The summed E-state index contributed by atoms with van der Waals surface area (Å²) in [4.78, 5) is 2.52. The minimum absolute atomic E-state index is 0.825. The Bertz CT molecular complexity index is 403. The van der Waals surface area contributed by atoms with Gasteiger partial charge in [0.05, 0.1) is 7.11 Å². The maximum Gasteiger partial charge on any atom is 0.119 e. The molecule has 2 rings (SSSR count). The molecule has 2 N–H and O–H groups in total. The number of rotatable bonds is 5. The molecule has 106 valence electrons. The van der Waals surface area contributed by atoms with Crippen molar-refractivity contribution in [1.29, 1.82) is 0 Å². The highest BCUT2D eigenvalue weighted by molar-refractivity contribution is 9.10. The van der Waals surface area contributed by atoms with Crippen LogP contribution < -0.4 is 10.5 Å². The van der Waals surface area contributed by atoms with Crippen LogP contribution in [0.1, 0.15) is 24.8 Å². The van der Waals surface area contributed by atoms with E-state index in [-0.39, 0.29) is 0 Å². The summed E-state index contributed by atoms with van der Waals surface area (Å²) in [5.41, 5.74) is 6.94. The Morgan fingerprint density at radius 2 is 2.11 bits per heavy atom. The van der Waals surface area contributed by atoms with Crippen LogP contribution in [0, 0.1) is 5.92 Å². The quantitative estimate of drug-likeness (QED) is 0.903. The molecule has 0 spiro atoms. The van der Waals surface area contributed by atoms with Gasteiger partial charge in [0.15, 0.2) is 0 Å². The summed E-state index contributed by atoms with van der Waals surface area (Å²) in [6.45, 7) is 4.17. The highest BCUT2D eigenvalue weighted by Crippen LogP contribution is 2.26. The number of likely N-dealkylation sites (tertiary alicyclic amines) is 1. The third kappa shape index (κ3) is 4.20. The summed E-state index contributed by atoms with van der Waals surface area (Å²) in [6.07, 6.45) is 3.73. The van der Waals surface area contributed by atoms with E-state index in [1.807, 2.05) is 6.07 Å². The molecule has 0 radical (unpaired) electrons. The first-order valence-electron chi connectivity index (χ1n) is 6.97. The van der Waals surface area contributed by atoms with Gasteiger partial charge >= 0.3 is 0 Å². The smallest absolute Gasteiger partial charge is 0.119 e. The van der Waals surface area contributed by atoms with E-state index >= 15 is 0 Å². The first-order valence-corrected chi connectivity index (χ1v) is 7.77. The van der Waals surface area contributed by atoms with Crippen LogP contribution in [0.3, 0.4) is 0 Å². The molecule has 1 fully saturated rings. The molecule has 19 heavy (non-hydrogen) atoms. The number of piperidine rings is 1. The molecule has 0 aromatic heterocycles. The predicted molar refractivity (Wildman–Crippen MR) is 82.4 cm³/mol. The highest BCUT2D eigenvalue weighted by atomic mass is 79.9. The van der Waals surface area contributed by atoms with Crippen molar-refractivity contribution < 1.29 is 4.74 Å². The molecule has 0 saturated carbocycles. The van der Waals surface area contributed by atoms with Crippen LogP contribution in [0.5, 0.6) is 5.75 Å². The zero-order valence-electron chi connectivity index (χ0n) is 11.6. The van der Waals surface area contributed by atoms with Crippen LogP contribution in [0.15, 0.2) is 22.7 Å². The number of methoxy groups -OCH3 is 1. The van der Waals surface area contributed by atoms with Gasteiger partial charge < -0.3 is 10.5 Å². The van der Waals surface area contributed by atoms with E-state index in [2.05, 4.69) is 33.0 Å². The van der Waals surface area contributed by atoms with Crippen molar-refractivity contribution in [3.63, 3.8) is 0 Å². The van der Waals surface area contributed by atoms with Crippen LogP contribution in [-0.2, 0) is 6.54 Å². The number of benzene rings is 1. The number of hydrogen-bond donors (Lipinski definition) is 1. The van der Waals surface area contributed by atoms with Crippen LogP contribution in [-0.4, -0.2) is 31.6 Å². The lowest BCUT2D eigenvalue weighted by Crippen LogP contribution is -2.33. The van der Waals surface area contributed by atoms with Gasteiger partial charge in [-0.1, -0.05) is 15.9 Å². The Morgan fingerprint density at radius 3 is 2.74 bits per heavy atom. The van der Waals surface area contributed by atoms with Gasteiger partial charge in [0.1, 0.15) is 5.75 Å². The average Bonchev–Trinajstić information content (AvgIpc) is 2.44. The van der Waals surface area contributed by atoms with Crippen LogP contribution >= 0.6 is 15.9 Å². The molecule has 1 aromatic rings. The summed E-state index contributed by atoms with van der Waals surface area (Å²) in [6, 6.07) is 6.17. The molecule has 1 heterocycles. The van der Waals surface area contributed by atoms with E-state index in [9.17, 15) is 0 Å². The zero-order chi connectivity index (χ0) is 13.7. The van der Waals surface area contributed by atoms with Gasteiger partial charge in [0.25, 0.3) is 0 Å². The standard InChI is InChI=1S/C15H23BrN2O/c1-19-14-2-3-15(16)13(10-14)11-18-8-5-12(4-7-17)6-9-18/h2-3,10,12H,4-9,11,17H2,1H3. The monoisotopic (exact) mass is 326 g/mol. The summed E-state index contributed by atoms with van der Waals surface area (Å²) >= 11 is 3.62. The lowest BCUT2D eigenvalue weighted by atomic mass is 9.93. The van der Waals surface area contributed by atoms with Gasteiger partial charge in [-0.2, -0.15) is 0 Å². The van der Waals surface area contributed by atoms with Crippen LogP contribution in [0.25, 0.3) is 0 Å². The maximum absolute atomic E-state index is 5.64. The van der Waals surface area contributed by atoms with Crippen molar-refractivity contribution in [2.75, 3.05) is 26.7 Å². The molecular weight excluding hydrogens is 304 g/mol. The molecule has 3 nitrogen and oxygen atoms in total. The fraction of sp³-hybridized carbons (Fsp3) is 0.600. The van der Waals surface area contributed by atoms with Gasteiger partial charge in [0.2, 0.25) is 0 Å². The van der Waals surface area contributed by atoms with Gasteiger partial charge in [-0.15, -0.1) is 0 Å². The van der Waals surface area contributed by atoms with Gasteiger partial charge in [0, 0.05) is 11.0 Å². The lowest BCUT2D eigenvalue weighted by Gasteiger charge is -2.32. The second kappa shape index (κ2) is 7.27. The summed E-state index contributed by atoms with van der Waals surface area (Å²) < 4.78 is 6.46. The van der Waals surface area contributed by atoms with Gasteiger partial charge in [-0.05, 0) is 68.6 Å². The third-order valence-electron chi connectivity index (χ3n) is 3.93. The normalized spacial score (nSPS) is 17.6. The molecule has 1 saturated heterocycles. The predicted octanol–water partition coefficient (Wildman–Crippen LogP) is 3.02. The number of ether oxygens (including phenoxy) is 1. The Kier molecular flexibility index (Phi) is 5.67. The van der Waals surface area contributed by atoms with Crippen molar-refractivity contribution in [2.45, 2.75) is 25.8 Å². The Balaban J connectivity index is 1.91. The molecule has 1 aliphatic rings. The van der Waals surface area contributed by atoms with Crippen LogP contribution in [0.4, 0.5) is 0 Å². The number of nitrogens with zero attached hydrogens (tertiary/aromatic N) is 1. The van der Waals surface area contributed by atoms with E-state index in [4.69, 9.17) is 10.5 Å². The molecule has 4 heteroatoms. The van der Waals surface area contributed by atoms with Crippen molar-refractivity contribution in [1.82, 2.24) is 4.90 Å². The van der Waals surface area contributed by atoms with E-state index in [1.54, 1.807) is 7.11 Å². The Morgan fingerprint density at radius 1 is 1.37 bits per heavy atom. The SMILES string of the molecule is COc1ccc(Br)c(CN2CCC(CCN)CC2)c1. The Labute approximate surface area is 124 Å². The summed E-state index contributed by atoms with van der Waals surface area (Å²) in [5.74, 6) is 1.76. The van der Waals surface area contributed by atoms with Gasteiger partial charge in [-0.25, -0.2) is 0 Å². The first kappa shape index (κ1) is 14.8. The molecule has 1 aromatic carbocycles. The molecule has 0 amide bonds. The zero-order valence-corrected chi connectivity index (χ0v) is 13.2. The van der Waals surface area contributed by atoms with Crippen molar-refractivity contribution in [3.05, 3.63) is 28.2 Å². The number of hydrogen-bond acceptors (Lipinski definition) is 3. The summed E-state index contributed by atoms with van der Waals surface area (Å²) in [5, 5.41) is 0. The molecule has 0 aliphatic carbocycles. The van der Waals surface area contributed by atoms with Crippen LogP contribution in [0.2, 0.25) is 0 Å². The van der Waals surface area contributed by atoms with E-state index < -0.39 is 0 Å². The first-order chi connectivity index (χ1) is 9.22. The van der Waals surface area contributed by atoms with E-state index in [1.165, 1.54) is 37.9 Å². The van der Waals surface area contributed by atoms with E-state index in [0.29, 0.717) is 0 Å². The molecule has 0 bridgehead atoms. The maximum atomic E-state index is 5.64. The minimum atomic E-state index is 0.825. The third-order valence-corrected chi connectivity index (χ3v) is 4.70.